The van der Waals surface area contributed by atoms with Crippen molar-refractivity contribution >= 4 is 5.91 Å². The highest BCUT2D eigenvalue weighted by molar-refractivity contribution is 5.76. The van der Waals surface area contributed by atoms with E-state index in [4.69, 9.17) is 4.74 Å². The van der Waals surface area contributed by atoms with Gasteiger partial charge in [0.1, 0.15) is 0 Å². The number of nitrogens with zero attached hydrogens (tertiary/aromatic N) is 1. The van der Waals surface area contributed by atoms with Crippen LogP contribution in [0.4, 0.5) is 0 Å². The third-order valence-electron chi connectivity index (χ3n) is 6.01. The Balaban J connectivity index is 1.45. The minimum absolute atomic E-state index is 0.230. The highest BCUT2D eigenvalue weighted by Gasteiger charge is 2.47. The van der Waals surface area contributed by atoms with Crippen LogP contribution in [0.15, 0.2) is 0 Å². The molecule has 2 saturated carbocycles. The lowest BCUT2D eigenvalue weighted by atomic mass is 9.81. The molecule has 126 valence electrons. The topological polar surface area (TPSA) is 41.6 Å². The molecule has 4 nitrogen and oxygen atoms in total. The van der Waals surface area contributed by atoms with Crippen LogP contribution in [0, 0.1) is 5.41 Å². The summed E-state index contributed by atoms with van der Waals surface area (Å²) in [5.41, 5.74) is 0.888. The van der Waals surface area contributed by atoms with Crippen LogP contribution < -0.4 is 5.32 Å². The number of carbonyl (C=O) groups excluding carboxylic acids is 1. The van der Waals surface area contributed by atoms with E-state index in [0.717, 1.165) is 19.4 Å². The molecule has 2 aliphatic carbocycles. The third kappa shape index (κ3) is 4.02. The van der Waals surface area contributed by atoms with E-state index in [1.807, 2.05) is 0 Å². The summed E-state index contributed by atoms with van der Waals surface area (Å²) in [6.45, 7) is 5.15. The molecule has 1 spiro atoms. The quantitative estimate of drug-likeness (QED) is 0.701. The van der Waals surface area contributed by atoms with E-state index in [0.29, 0.717) is 30.4 Å². The lowest BCUT2D eigenvalue weighted by molar-refractivity contribution is -0.132. The van der Waals surface area contributed by atoms with E-state index in [2.05, 4.69) is 17.1 Å². The highest BCUT2D eigenvalue weighted by Crippen LogP contribution is 2.52. The van der Waals surface area contributed by atoms with Gasteiger partial charge in [-0.3, -0.25) is 4.79 Å². The Labute approximate surface area is 135 Å². The maximum absolute atomic E-state index is 12.4. The number of carbonyl (C=O) groups is 1. The first-order valence-electron chi connectivity index (χ1n) is 9.09. The molecule has 0 radical (unpaired) electrons. The minimum atomic E-state index is 0.230. The van der Waals surface area contributed by atoms with Gasteiger partial charge in [0.05, 0.1) is 0 Å². The number of ether oxygens (including phenoxy) is 1. The molecule has 0 aromatic carbocycles. The summed E-state index contributed by atoms with van der Waals surface area (Å²) in [5.74, 6) is 0.331. The predicted octanol–water partition coefficient (Wildman–Crippen LogP) is 2.72. The average molecular weight is 308 g/mol. The van der Waals surface area contributed by atoms with Gasteiger partial charge in [-0.1, -0.05) is 0 Å². The molecule has 1 N–H and O–H groups in total. The van der Waals surface area contributed by atoms with Gasteiger partial charge in [-0.25, -0.2) is 0 Å². The number of amides is 1. The van der Waals surface area contributed by atoms with Gasteiger partial charge in [-0.05, 0) is 63.7 Å². The third-order valence-corrected chi connectivity index (χ3v) is 6.01. The molecule has 0 aromatic rings. The monoisotopic (exact) mass is 308 g/mol. The highest BCUT2D eigenvalue weighted by atomic mass is 16.5. The molecule has 3 rings (SSSR count). The number of piperidine rings is 1. The summed E-state index contributed by atoms with van der Waals surface area (Å²) in [6.07, 6.45) is 10.5. The minimum Gasteiger partial charge on any atom is -0.385 e. The van der Waals surface area contributed by atoms with Gasteiger partial charge in [0.15, 0.2) is 0 Å². The van der Waals surface area contributed by atoms with E-state index >= 15 is 0 Å². The summed E-state index contributed by atoms with van der Waals surface area (Å²) in [5, 5.41) is 3.80. The van der Waals surface area contributed by atoms with Crippen LogP contribution in [0.25, 0.3) is 0 Å². The second-order valence-corrected chi connectivity index (χ2v) is 8.08. The van der Waals surface area contributed by atoms with E-state index in [1.165, 1.54) is 45.1 Å². The molecule has 1 amide bonds. The Morgan fingerprint density at radius 1 is 1.27 bits per heavy atom. The molecule has 1 aliphatic heterocycles. The van der Waals surface area contributed by atoms with E-state index in [-0.39, 0.29) is 5.54 Å². The van der Waals surface area contributed by atoms with E-state index in [1.54, 1.807) is 7.11 Å². The normalized spacial score (nSPS) is 29.5. The van der Waals surface area contributed by atoms with E-state index < -0.39 is 0 Å². The van der Waals surface area contributed by atoms with Crippen molar-refractivity contribution in [2.24, 2.45) is 5.41 Å². The first kappa shape index (κ1) is 16.3. The van der Waals surface area contributed by atoms with Gasteiger partial charge < -0.3 is 15.0 Å². The van der Waals surface area contributed by atoms with Gasteiger partial charge in [-0.2, -0.15) is 0 Å². The van der Waals surface area contributed by atoms with Crippen molar-refractivity contribution in [1.82, 2.24) is 10.2 Å². The Bertz CT molecular complexity index is 392. The molecule has 3 fully saturated rings. The molecule has 3 aliphatic rings. The van der Waals surface area contributed by atoms with Crippen LogP contribution in [0.5, 0.6) is 0 Å². The van der Waals surface area contributed by atoms with Crippen molar-refractivity contribution in [3.63, 3.8) is 0 Å². The smallest absolute Gasteiger partial charge is 0.222 e. The van der Waals surface area contributed by atoms with Gasteiger partial charge in [-0.15, -0.1) is 0 Å². The Hall–Kier alpha value is -0.610. The zero-order chi connectivity index (χ0) is 15.6. The first-order valence-corrected chi connectivity index (χ1v) is 9.09. The van der Waals surface area contributed by atoms with Crippen molar-refractivity contribution < 1.29 is 9.53 Å². The maximum atomic E-state index is 12.4. The summed E-state index contributed by atoms with van der Waals surface area (Å²) in [7, 11) is 1.70. The fourth-order valence-corrected chi connectivity index (χ4v) is 3.71. The second kappa shape index (κ2) is 6.48. The Morgan fingerprint density at radius 3 is 2.55 bits per heavy atom. The molecule has 1 heterocycles. The van der Waals surface area contributed by atoms with Crippen LogP contribution in [0.3, 0.4) is 0 Å². The Kier molecular flexibility index (Phi) is 4.79. The van der Waals surface area contributed by atoms with Crippen molar-refractivity contribution in [1.29, 1.82) is 0 Å². The summed E-state index contributed by atoms with van der Waals surface area (Å²) < 4.78 is 5.06. The number of nitrogens with one attached hydrogen (secondary N) is 1. The lowest BCUT2D eigenvalue weighted by Gasteiger charge is -2.40. The van der Waals surface area contributed by atoms with E-state index in [9.17, 15) is 4.79 Å². The maximum Gasteiger partial charge on any atom is 0.222 e. The van der Waals surface area contributed by atoms with Crippen molar-refractivity contribution in [3.05, 3.63) is 0 Å². The van der Waals surface area contributed by atoms with Gasteiger partial charge in [0, 0.05) is 44.8 Å². The summed E-state index contributed by atoms with van der Waals surface area (Å²) in [6, 6.07) is 0.525. The largest absolute Gasteiger partial charge is 0.385 e. The number of rotatable bonds is 8. The van der Waals surface area contributed by atoms with Crippen LogP contribution in [0.2, 0.25) is 0 Å². The molecule has 1 atom stereocenters. The number of hydrogen-bond acceptors (Lipinski definition) is 3. The molecular formula is C18H32N2O2. The molecule has 0 aromatic heterocycles. The Morgan fingerprint density at radius 2 is 2.00 bits per heavy atom. The second-order valence-electron chi connectivity index (χ2n) is 8.08. The lowest BCUT2D eigenvalue weighted by Crippen LogP contribution is -2.51. The van der Waals surface area contributed by atoms with Crippen LogP contribution in [-0.4, -0.2) is 49.2 Å². The van der Waals surface area contributed by atoms with Gasteiger partial charge in [0.2, 0.25) is 5.91 Å². The van der Waals surface area contributed by atoms with Crippen LogP contribution in [-0.2, 0) is 9.53 Å². The zero-order valence-electron chi connectivity index (χ0n) is 14.3. The molecular weight excluding hydrogens is 276 g/mol. The standard InChI is InChI=1S/C18H32N2O2/c1-17(7-8-18(9-10-18)14-19-17)11-12-20(15-5-6-15)16(21)4-3-13-22-2/h15,19H,3-14H2,1-2H3/t17-/m1/s1. The fraction of sp³-hybridized carbons (Fsp3) is 0.944. The van der Waals surface area contributed by atoms with Crippen molar-refractivity contribution in [2.45, 2.75) is 76.3 Å². The SMILES string of the molecule is COCCCC(=O)N(CC[C@@]1(C)CCC2(CC2)CN1)C1CC1. The zero-order valence-corrected chi connectivity index (χ0v) is 14.3. The van der Waals surface area contributed by atoms with Crippen LogP contribution >= 0.6 is 0 Å². The predicted molar refractivity (Wildman–Crippen MR) is 87.8 cm³/mol. The van der Waals surface area contributed by atoms with Crippen LogP contribution in [0.1, 0.15) is 64.7 Å². The summed E-state index contributed by atoms with van der Waals surface area (Å²) in [4.78, 5) is 14.6. The van der Waals surface area contributed by atoms with Crippen molar-refractivity contribution in [3.8, 4) is 0 Å². The molecule has 4 heteroatoms. The summed E-state index contributed by atoms with van der Waals surface area (Å²) >= 11 is 0. The van der Waals surface area contributed by atoms with Crippen molar-refractivity contribution in [2.75, 3.05) is 26.8 Å². The number of methoxy groups -OCH3 is 1. The van der Waals surface area contributed by atoms with Gasteiger partial charge >= 0.3 is 0 Å². The molecule has 0 bridgehead atoms. The average Bonchev–Trinajstić information content (AvgIpc) is 3.40. The number of hydrogen-bond donors (Lipinski definition) is 1. The first-order chi connectivity index (χ1) is 10.6. The molecule has 0 unspecified atom stereocenters. The molecule has 22 heavy (non-hydrogen) atoms. The van der Waals surface area contributed by atoms with Gasteiger partial charge in [0.25, 0.3) is 0 Å². The molecule has 1 saturated heterocycles. The fourth-order valence-electron chi connectivity index (χ4n) is 3.71.